The molecule has 0 heterocycles. The summed E-state index contributed by atoms with van der Waals surface area (Å²) in [6.07, 6.45) is -0.0751. The average molecular weight is 341 g/mol. The number of nitrogens with zero attached hydrogens (tertiary/aromatic N) is 1. The molecule has 2 aromatic carbocycles. The van der Waals surface area contributed by atoms with Crippen LogP contribution in [0.1, 0.15) is 45.7 Å². The Hall–Kier alpha value is -3.02. The molecule has 2 rings (SSSR count). The number of nitro groups is 1. The number of hydrogen-bond acceptors (Lipinski definition) is 5. The Kier molecular flexibility index (Phi) is 5.64. The summed E-state index contributed by atoms with van der Waals surface area (Å²) in [7, 11) is 0. The SMILES string of the molecule is CCc1ccc(C(=O)[C@H](C)OC(=O)c2ccc([N+](=O)[O-])c(C)c2)cc1. The van der Waals surface area contributed by atoms with Crippen LogP contribution in [0.4, 0.5) is 5.69 Å². The molecular formula is C19H19NO5. The Morgan fingerprint density at radius 1 is 1.12 bits per heavy atom. The largest absolute Gasteiger partial charge is 0.451 e. The maximum atomic E-state index is 12.4. The molecular weight excluding hydrogens is 322 g/mol. The minimum Gasteiger partial charge on any atom is -0.451 e. The Bertz CT molecular complexity index is 811. The molecule has 0 unspecified atom stereocenters. The predicted molar refractivity (Wildman–Crippen MR) is 92.9 cm³/mol. The second-order valence-corrected chi connectivity index (χ2v) is 5.72. The molecule has 0 aliphatic rings. The van der Waals surface area contributed by atoms with E-state index in [1.54, 1.807) is 19.1 Å². The number of ketones is 1. The number of carbonyl (C=O) groups excluding carboxylic acids is 2. The normalized spacial score (nSPS) is 11.6. The first kappa shape index (κ1) is 18.3. The lowest BCUT2D eigenvalue weighted by molar-refractivity contribution is -0.385. The van der Waals surface area contributed by atoms with Crippen molar-refractivity contribution in [3.63, 3.8) is 0 Å². The maximum Gasteiger partial charge on any atom is 0.338 e. The Balaban J connectivity index is 2.09. The van der Waals surface area contributed by atoms with E-state index in [-0.39, 0.29) is 17.0 Å². The van der Waals surface area contributed by atoms with Gasteiger partial charge in [0.2, 0.25) is 5.78 Å². The number of carbonyl (C=O) groups is 2. The molecule has 2 aromatic rings. The number of hydrogen-bond donors (Lipinski definition) is 0. The molecule has 0 saturated carbocycles. The van der Waals surface area contributed by atoms with Crippen molar-refractivity contribution in [2.24, 2.45) is 0 Å². The zero-order valence-electron chi connectivity index (χ0n) is 14.3. The number of rotatable bonds is 6. The van der Waals surface area contributed by atoms with Crippen LogP contribution in [0.5, 0.6) is 0 Å². The minimum absolute atomic E-state index is 0.0725. The number of Topliss-reactive ketones (excluding diaryl/α,β-unsaturated/α-hetero) is 1. The third-order valence-corrected chi connectivity index (χ3v) is 3.93. The summed E-state index contributed by atoms with van der Waals surface area (Å²) in [4.78, 5) is 34.8. The zero-order valence-corrected chi connectivity index (χ0v) is 14.3. The quantitative estimate of drug-likeness (QED) is 0.344. The smallest absolute Gasteiger partial charge is 0.338 e. The molecule has 0 radical (unpaired) electrons. The van der Waals surface area contributed by atoms with Gasteiger partial charge in [-0.25, -0.2) is 4.79 Å². The van der Waals surface area contributed by atoms with Crippen LogP contribution in [0.2, 0.25) is 0 Å². The van der Waals surface area contributed by atoms with Gasteiger partial charge in [-0.15, -0.1) is 0 Å². The average Bonchev–Trinajstić information content (AvgIpc) is 2.60. The van der Waals surface area contributed by atoms with Gasteiger partial charge >= 0.3 is 5.97 Å². The molecule has 0 aliphatic carbocycles. The van der Waals surface area contributed by atoms with Gasteiger partial charge in [-0.3, -0.25) is 14.9 Å². The van der Waals surface area contributed by atoms with E-state index in [2.05, 4.69) is 0 Å². The van der Waals surface area contributed by atoms with Crippen LogP contribution >= 0.6 is 0 Å². The van der Waals surface area contributed by atoms with E-state index in [9.17, 15) is 19.7 Å². The molecule has 1 atom stereocenters. The fourth-order valence-corrected chi connectivity index (χ4v) is 2.41. The molecule has 6 heteroatoms. The topological polar surface area (TPSA) is 86.5 Å². The van der Waals surface area contributed by atoms with Crippen LogP contribution in [0.25, 0.3) is 0 Å². The number of ether oxygens (including phenoxy) is 1. The highest BCUT2D eigenvalue weighted by molar-refractivity contribution is 6.01. The van der Waals surface area contributed by atoms with Crippen molar-refractivity contribution >= 4 is 17.4 Å². The van der Waals surface area contributed by atoms with E-state index in [4.69, 9.17) is 4.74 Å². The third-order valence-electron chi connectivity index (χ3n) is 3.93. The van der Waals surface area contributed by atoms with Crippen LogP contribution in [0.15, 0.2) is 42.5 Å². The molecule has 0 amide bonds. The fourth-order valence-electron chi connectivity index (χ4n) is 2.41. The van der Waals surface area contributed by atoms with Gasteiger partial charge in [0, 0.05) is 17.2 Å². The van der Waals surface area contributed by atoms with Crippen LogP contribution in [-0.2, 0) is 11.2 Å². The molecule has 0 fully saturated rings. The fraction of sp³-hybridized carbons (Fsp3) is 0.263. The zero-order chi connectivity index (χ0) is 18.6. The molecule has 0 aliphatic heterocycles. The van der Waals surface area contributed by atoms with Crippen molar-refractivity contribution in [2.45, 2.75) is 33.3 Å². The standard InChI is InChI=1S/C19H19NO5/c1-4-14-5-7-15(8-6-14)18(21)13(3)25-19(22)16-9-10-17(20(23)24)12(2)11-16/h5-11,13H,4H2,1-3H3/t13-/m0/s1. The van der Waals surface area contributed by atoms with Gasteiger partial charge in [-0.1, -0.05) is 31.2 Å². The molecule has 0 N–H and O–H groups in total. The van der Waals surface area contributed by atoms with Crippen molar-refractivity contribution in [2.75, 3.05) is 0 Å². The second-order valence-electron chi connectivity index (χ2n) is 5.72. The number of aryl methyl sites for hydroxylation is 2. The summed E-state index contributed by atoms with van der Waals surface area (Å²) in [5, 5.41) is 10.8. The monoisotopic (exact) mass is 341 g/mol. The lowest BCUT2D eigenvalue weighted by Crippen LogP contribution is -2.24. The van der Waals surface area contributed by atoms with Gasteiger partial charge in [0.05, 0.1) is 10.5 Å². The van der Waals surface area contributed by atoms with E-state index in [1.807, 2.05) is 19.1 Å². The number of esters is 1. The second kappa shape index (κ2) is 7.70. The van der Waals surface area contributed by atoms with E-state index in [0.29, 0.717) is 11.1 Å². The molecule has 6 nitrogen and oxygen atoms in total. The van der Waals surface area contributed by atoms with E-state index >= 15 is 0 Å². The van der Waals surface area contributed by atoms with E-state index in [1.165, 1.54) is 25.1 Å². The maximum absolute atomic E-state index is 12.4. The minimum atomic E-state index is -0.949. The highest BCUT2D eigenvalue weighted by Crippen LogP contribution is 2.20. The molecule has 25 heavy (non-hydrogen) atoms. The number of benzene rings is 2. The highest BCUT2D eigenvalue weighted by atomic mass is 16.6. The molecule has 0 spiro atoms. The lowest BCUT2D eigenvalue weighted by Gasteiger charge is -2.13. The lowest BCUT2D eigenvalue weighted by atomic mass is 10.0. The van der Waals surface area contributed by atoms with Crippen molar-refractivity contribution in [3.05, 3.63) is 74.8 Å². The summed E-state index contributed by atoms with van der Waals surface area (Å²) in [6, 6.07) is 11.1. The van der Waals surface area contributed by atoms with Crippen molar-refractivity contribution < 1.29 is 19.2 Å². The van der Waals surface area contributed by atoms with E-state index in [0.717, 1.165) is 12.0 Å². The first-order chi connectivity index (χ1) is 11.8. The Morgan fingerprint density at radius 2 is 1.72 bits per heavy atom. The summed E-state index contributed by atoms with van der Waals surface area (Å²) in [5.74, 6) is -0.987. The highest BCUT2D eigenvalue weighted by Gasteiger charge is 2.21. The van der Waals surface area contributed by atoms with Crippen molar-refractivity contribution in [3.8, 4) is 0 Å². The van der Waals surface area contributed by atoms with Crippen LogP contribution < -0.4 is 0 Å². The number of nitro benzene ring substituents is 1. The molecule has 0 aromatic heterocycles. The molecule has 0 bridgehead atoms. The van der Waals surface area contributed by atoms with Crippen LogP contribution in [0.3, 0.4) is 0 Å². The Labute approximate surface area is 145 Å². The molecule has 0 saturated heterocycles. The van der Waals surface area contributed by atoms with Crippen LogP contribution in [-0.4, -0.2) is 22.8 Å². The van der Waals surface area contributed by atoms with Gasteiger partial charge in [-0.05, 0) is 38.0 Å². The van der Waals surface area contributed by atoms with Crippen molar-refractivity contribution in [1.29, 1.82) is 0 Å². The molecule has 130 valence electrons. The summed E-state index contributed by atoms with van der Waals surface area (Å²) >= 11 is 0. The van der Waals surface area contributed by atoms with E-state index < -0.39 is 17.0 Å². The summed E-state index contributed by atoms with van der Waals surface area (Å²) < 4.78 is 5.21. The predicted octanol–water partition coefficient (Wildman–Crippen LogP) is 3.89. The summed E-state index contributed by atoms with van der Waals surface area (Å²) in [6.45, 7) is 5.07. The van der Waals surface area contributed by atoms with Gasteiger partial charge < -0.3 is 4.74 Å². The van der Waals surface area contributed by atoms with Crippen LogP contribution in [0, 0.1) is 17.0 Å². The first-order valence-electron chi connectivity index (χ1n) is 7.92. The summed E-state index contributed by atoms with van der Waals surface area (Å²) in [5.41, 5.74) is 2.04. The van der Waals surface area contributed by atoms with Crippen molar-refractivity contribution in [1.82, 2.24) is 0 Å². The van der Waals surface area contributed by atoms with Gasteiger partial charge in [0.1, 0.15) is 0 Å². The van der Waals surface area contributed by atoms with Gasteiger partial charge in [-0.2, -0.15) is 0 Å². The first-order valence-corrected chi connectivity index (χ1v) is 7.92. The van der Waals surface area contributed by atoms with Gasteiger partial charge in [0.15, 0.2) is 6.10 Å². The Morgan fingerprint density at radius 3 is 2.24 bits per heavy atom. The van der Waals surface area contributed by atoms with Gasteiger partial charge in [0.25, 0.3) is 5.69 Å². The third kappa shape index (κ3) is 4.29.